The van der Waals surface area contributed by atoms with Crippen LogP contribution in [0, 0.1) is 12.0 Å². The van der Waals surface area contributed by atoms with E-state index in [4.69, 9.17) is 0 Å². The fourth-order valence-electron chi connectivity index (χ4n) is 2.88. The highest BCUT2D eigenvalue weighted by molar-refractivity contribution is 5.30. The monoisotopic (exact) mass is 243 g/mol. The zero-order valence-corrected chi connectivity index (χ0v) is 11.0. The third-order valence-corrected chi connectivity index (χ3v) is 4.19. The summed E-state index contributed by atoms with van der Waals surface area (Å²) in [6.07, 6.45) is 5.39. The van der Waals surface area contributed by atoms with Gasteiger partial charge in [0.1, 0.15) is 0 Å². The van der Waals surface area contributed by atoms with Crippen molar-refractivity contribution in [3.8, 4) is 0 Å². The average molecular weight is 243 g/mol. The van der Waals surface area contributed by atoms with Gasteiger partial charge in [-0.3, -0.25) is 0 Å². The molecule has 1 saturated heterocycles. The molecule has 0 aromatic heterocycles. The van der Waals surface area contributed by atoms with Crippen molar-refractivity contribution in [2.24, 2.45) is 5.92 Å². The standard InChI is InChI=1S/C16H23N2/c1-2-4-16(14-7-9-17-10-8-14)15(3-1)12-18-11-13-5-6-13/h1-2,4,13-14,17-18H,5-12H2. The molecule has 0 spiro atoms. The largest absolute Gasteiger partial charge is 0.317 e. The number of nitrogens with one attached hydrogen (secondary N) is 2. The second-order valence-corrected chi connectivity index (χ2v) is 5.70. The Morgan fingerprint density at radius 2 is 2.06 bits per heavy atom. The summed E-state index contributed by atoms with van der Waals surface area (Å²) in [6.45, 7) is 4.51. The van der Waals surface area contributed by atoms with Gasteiger partial charge in [-0.05, 0) is 74.3 Å². The van der Waals surface area contributed by atoms with E-state index >= 15 is 0 Å². The fourth-order valence-corrected chi connectivity index (χ4v) is 2.88. The van der Waals surface area contributed by atoms with E-state index in [9.17, 15) is 0 Å². The molecule has 1 aromatic rings. The molecule has 1 heterocycles. The van der Waals surface area contributed by atoms with Gasteiger partial charge in [-0.15, -0.1) is 0 Å². The van der Waals surface area contributed by atoms with E-state index < -0.39 is 0 Å². The van der Waals surface area contributed by atoms with Crippen LogP contribution in [0.5, 0.6) is 0 Å². The molecule has 1 aliphatic carbocycles. The van der Waals surface area contributed by atoms with Crippen LogP contribution in [0.25, 0.3) is 0 Å². The fraction of sp³-hybridized carbons (Fsp3) is 0.625. The van der Waals surface area contributed by atoms with Gasteiger partial charge in [-0.25, -0.2) is 0 Å². The van der Waals surface area contributed by atoms with Gasteiger partial charge in [0.25, 0.3) is 0 Å². The van der Waals surface area contributed by atoms with Gasteiger partial charge >= 0.3 is 0 Å². The van der Waals surface area contributed by atoms with Crippen LogP contribution in [0.1, 0.15) is 42.7 Å². The summed E-state index contributed by atoms with van der Waals surface area (Å²) in [5.41, 5.74) is 2.92. The van der Waals surface area contributed by atoms with Crippen molar-refractivity contribution < 1.29 is 0 Å². The van der Waals surface area contributed by atoms with Crippen LogP contribution in [0.3, 0.4) is 0 Å². The summed E-state index contributed by atoms with van der Waals surface area (Å²) in [5, 5.41) is 7.04. The number of hydrogen-bond donors (Lipinski definition) is 2. The number of benzene rings is 1. The molecule has 0 bridgehead atoms. The van der Waals surface area contributed by atoms with Crippen molar-refractivity contribution in [3.63, 3.8) is 0 Å². The molecular weight excluding hydrogens is 220 g/mol. The van der Waals surface area contributed by atoms with E-state index in [1.165, 1.54) is 43.4 Å². The van der Waals surface area contributed by atoms with E-state index in [0.29, 0.717) is 0 Å². The second-order valence-electron chi connectivity index (χ2n) is 5.70. The van der Waals surface area contributed by atoms with Crippen LogP contribution in [0.2, 0.25) is 0 Å². The molecule has 2 aliphatic rings. The SMILES string of the molecule is [c]1cccc(C2CCNCC2)c1CNCC1CC1. The van der Waals surface area contributed by atoms with Crippen LogP contribution in [0.4, 0.5) is 0 Å². The smallest absolute Gasteiger partial charge is 0.0214 e. The van der Waals surface area contributed by atoms with Crippen molar-refractivity contribution in [2.75, 3.05) is 19.6 Å². The molecule has 0 atom stereocenters. The average Bonchev–Trinajstić information content (AvgIpc) is 3.25. The second kappa shape index (κ2) is 5.85. The molecule has 2 fully saturated rings. The number of rotatable bonds is 5. The first-order valence-corrected chi connectivity index (χ1v) is 7.34. The first-order valence-electron chi connectivity index (χ1n) is 7.34. The predicted octanol–water partition coefficient (Wildman–Crippen LogP) is 2.45. The molecule has 18 heavy (non-hydrogen) atoms. The lowest BCUT2D eigenvalue weighted by atomic mass is 9.87. The van der Waals surface area contributed by atoms with Crippen LogP contribution in [0.15, 0.2) is 18.2 Å². The van der Waals surface area contributed by atoms with Gasteiger partial charge in [0.15, 0.2) is 0 Å². The highest BCUT2D eigenvalue weighted by Crippen LogP contribution is 2.29. The number of hydrogen-bond acceptors (Lipinski definition) is 2. The van der Waals surface area contributed by atoms with Crippen molar-refractivity contribution >= 4 is 0 Å². The lowest BCUT2D eigenvalue weighted by Crippen LogP contribution is -2.27. The highest BCUT2D eigenvalue weighted by Gasteiger charge is 2.21. The molecule has 0 amide bonds. The van der Waals surface area contributed by atoms with Crippen LogP contribution < -0.4 is 10.6 Å². The zero-order valence-electron chi connectivity index (χ0n) is 11.0. The Morgan fingerprint density at radius 1 is 1.22 bits per heavy atom. The summed E-state index contributed by atoms with van der Waals surface area (Å²) in [5.74, 6) is 1.69. The Kier molecular flexibility index (Phi) is 3.96. The van der Waals surface area contributed by atoms with Crippen LogP contribution >= 0.6 is 0 Å². The molecule has 3 rings (SSSR count). The van der Waals surface area contributed by atoms with Crippen LogP contribution in [-0.4, -0.2) is 19.6 Å². The Labute approximate surface area is 110 Å². The molecule has 0 unspecified atom stereocenters. The first kappa shape index (κ1) is 12.2. The lowest BCUT2D eigenvalue weighted by molar-refractivity contribution is 0.457. The van der Waals surface area contributed by atoms with E-state index in [1.54, 1.807) is 0 Å². The van der Waals surface area contributed by atoms with Crippen molar-refractivity contribution in [3.05, 3.63) is 35.4 Å². The quantitative estimate of drug-likeness (QED) is 0.830. The Morgan fingerprint density at radius 3 is 2.83 bits per heavy atom. The normalized spacial score (nSPS) is 21.1. The van der Waals surface area contributed by atoms with Gasteiger partial charge in [-0.2, -0.15) is 0 Å². The molecule has 2 heteroatoms. The number of piperidine rings is 1. The minimum Gasteiger partial charge on any atom is -0.317 e. The third-order valence-electron chi connectivity index (χ3n) is 4.19. The Balaban J connectivity index is 1.63. The Hall–Kier alpha value is -0.860. The first-order chi connectivity index (χ1) is 8.93. The van der Waals surface area contributed by atoms with Gasteiger partial charge < -0.3 is 10.6 Å². The van der Waals surface area contributed by atoms with Crippen molar-refractivity contribution in [1.82, 2.24) is 10.6 Å². The minimum atomic E-state index is 0.737. The minimum absolute atomic E-state index is 0.737. The molecule has 1 aromatic carbocycles. The summed E-state index contributed by atoms with van der Waals surface area (Å²) < 4.78 is 0. The molecule has 1 aliphatic heterocycles. The van der Waals surface area contributed by atoms with E-state index in [2.05, 4.69) is 34.9 Å². The van der Waals surface area contributed by atoms with Crippen molar-refractivity contribution in [1.29, 1.82) is 0 Å². The van der Waals surface area contributed by atoms with Gasteiger partial charge in [-0.1, -0.05) is 18.2 Å². The summed E-state index contributed by atoms with van der Waals surface area (Å²) >= 11 is 0. The lowest BCUT2D eigenvalue weighted by Gasteiger charge is -2.25. The zero-order chi connectivity index (χ0) is 12.2. The van der Waals surface area contributed by atoms with Crippen molar-refractivity contribution in [2.45, 2.75) is 38.1 Å². The van der Waals surface area contributed by atoms with Gasteiger partial charge in [0.2, 0.25) is 0 Å². The van der Waals surface area contributed by atoms with E-state index in [-0.39, 0.29) is 0 Å². The molecule has 1 radical (unpaired) electrons. The predicted molar refractivity (Wildman–Crippen MR) is 74.6 cm³/mol. The third kappa shape index (κ3) is 3.12. The highest BCUT2D eigenvalue weighted by atomic mass is 14.9. The molecule has 2 nitrogen and oxygen atoms in total. The van der Waals surface area contributed by atoms with Crippen LogP contribution in [-0.2, 0) is 6.54 Å². The molecule has 97 valence electrons. The van der Waals surface area contributed by atoms with E-state index in [1.807, 2.05) is 0 Å². The summed E-state index contributed by atoms with van der Waals surface area (Å²) in [4.78, 5) is 0. The topological polar surface area (TPSA) is 24.1 Å². The maximum absolute atomic E-state index is 3.60. The maximum Gasteiger partial charge on any atom is 0.0214 e. The van der Waals surface area contributed by atoms with Gasteiger partial charge in [0, 0.05) is 6.54 Å². The summed E-state index contributed by atoms with van der Waals surface area (Å²) in [6, 6.07) is 9.95. The summed E-state index contributed by atoms with van der Waals surface area (Å²) in [7, 11) is 0. The van der Waals surface area contributed by atoms with E-state index in [0.717, 1.165) is 31.5 Å². The van der Waals surface area contributed by atoms with Gasteiger partial charge in [0.05, 0.1) is 0 Å². The maximum atomic E-state index is 3.60. The Bertz CT molecular complexity index is 378. The molecule has 1 saturated carbocycles. The molecular formula is C16H23N2. The molecule has 2 N–H and O–H groups in total.